The summed E-state index contributed by atoms with van der Waals surface area (Å²) < 4.78 is 34.1. The average Bonchev–Trinajstić information content (AvgIpc) is 2.49. The van der Waals surface area contributed by atoms with E-state index in [9.17, 15) is 13.2 Å². The maximum atomic E-state index is 12.6. The topological polar surface area (TPSA) is 72.9 Å². The fraction of sp³-hybridized carbons (Fsp3) is 0.632. The fourth-order valence-electron chi connectivity index (χ4n) is 2.21. The normalized spacial score (nSPS) is 12.3. The molecule has 1 amide bonds. The molecule has 1 rings (SSSR count). The minimum absolute atomic E-state index is 0.0377. The number of carbonyl (C=O) groups excluding carboxylic acids is 1. The summed E-state index contributed by atoms with van der Waals surface area (Å²) >= 11 is 0. The third kappa shape index (κ3) is 7.74. The second-order valence-electron chi connectivity index (χ2n) is 7.82. The lowest BCUT2D eigenvalue weighted by atomic mass is 9.91. The van der Waals surface area contributed by atoms with E-state index in [4.69, 9.17) is 8.92 Å². The first-order valence-electron chi connectivity index (χ1n) is 8.73. The van der Waals surface area contributed by atoms with Gasteiger partial charge in [0.1, 0.15) is 5.75 Å². The number of hydrogen-bond acceptors (Lipinski definition) is 5. The van der Waals surface area contributed by atoms with Crippen molar-refractivity contribution in [2.24, 2.45) is 5.41 Å². The summed E-state index contributed by atoms with van der Waals surface area (Å²) in [6.07, 6.45) is 0.425. The number of ether oxygens (including phenoxy) is 1. The molecule has 0 atom stereocenters. The van der Waals surface area contributed by atoms with Crippen LogP contribution in [-0.4, -0.2) is 44.7 Å². The lowest BCUT2D eigenvalue weighted by Gasteiger charge is -2.27. The van der Waals surface area contributed by atoms with Crippen molar-refractivity contribution in [3.63, 3.8) is 0 Å². The van der Waals surface area contributed by atoms with Crippen LogP contribution in [0.3, 0.4) is 0 Å². The molecule has 0 aromatic heterocycles. The van der Waals surface area contributed by atoms with Crippen molar-refractivity contribution in [1.82, 2.24) is 4.90 Å². The van der Waals surface area contributed by atoms with Gasteiger partial charge in [0.05, 0.1) is 11.9 Å². The molecular formula is C19H31NO5S. The van der Waals surface area contributed by atoms with Crippen LogP contribution in [0.4, 0.5) is 0 Å². The van der Waals surface area contributed by atoms with Gasteiger partial charge in [-0.15, -0.1) is 0 Å². The van der Waals surface area contributed by atoms with Crippen LogP contribution < -0.4 is 4.18 Å². The summed E-state index contributed by atoms with van der Waals surface area (Å²) in [5, 5.41) is -0.627. The van der Waals surface area contributed by atoms with Crippen molar-refractivity contribution in [2.45, 2.75) is 52.8 Å². The van der Waals surface area contributed by atoms with Crippen LogP contribution in [0.25, 0.3) is 0 Å². The molecule has 0 bridgehead atoms. The lowest BCUT2D eigenvalue weighted by Crippen LogP contribution is -2.35. The van der Waals surface area contributed by atoms with E-state index >= 15 is 0 Å². The molecule has 0 N–H and O–H groups in total. The van der Waals surface area contributed by atoms with Gasteiger partial charge in [0.25, 0.3) is 0 Å². The van der Waals surface area contributed by atoms with Gasteiger partial charge in [-0.25, -0.2) is 0 Å². The van der Waals surface area contributed by atoms with E-state index in [2.05, 4.69) is 0 Å². The van der Waals surface area contributed by atoms with Gasteiger partial charge in [-0.05, 0) is 37.0 Å². The lowest BCUT2D eigenvalue weighted by molar-refractivity contribution is -0.134. The molecule has 0 saturated heterocycles. The Hall–Kier alpha value is -1.60. The van der Waals surface area contributed by atoms with Crippen LogP contribution >= 0.6 is 0 Å². The first-order chi connectivity index (χ1) is 11.9. The summed E-state index contributed by atoms with van der Waals surface area (Å²) in [5.41, 5.74) is 0.693. The highest BCUT2D eigenvalue weighted by Gasteiger charge is 2.22. The van der Waals surface area contributed by atoms with Crippen molar-refractivity contribution in [3.05, 3.63) is 29.8 Å². The van der Waals surface area contributed by atoms with Crippen molar-refractivity contribution in [3.8, 4) is 5.75 Å². The van der Waals surface area contributed by atoms with Gasteiger partial charge in [-0.1, -0.05) is 32.9 Å². The molecular weight excluding hydrogens is 354 g/mol. The van der Waals surface area contributed by atoms with Crippen molar-refractivity contribution in [1.29, 1.82) is 0 Å². The second kappa shape index (κ2) is 9.37. The second-order valence-corrected chi connectivity index (χ2v) is 9.91. The predicted molar refractivity (Wildman–Crippen MR) is 102 cm³/mol. The van der Waals surface area contributed by atoms with E-state index in [-0.39, 0.29) is 17.1 Å². The zero-order chi connectivity index (χ0) is 20.0. The van der Waals surface area contributed by atoms with E-state index in [1.807, 2.05) is 26.8 Å². The zero-order valence-corrected chi connectivity index (χ0v) is 17.4. The molecule has 0 unspecified atom stereocenters. The van der Waals surface area contributed by atoms with Gasteiger partial charge in [-0.3, -0.25) is 4.79 Å². The van der Waals surface area contributed by atoms with Crippen LogP contribution in [0.15, 0.2) is 24.3 Å². The quantitative estimate of drug-likeness (QED) is 0.610. The van der Waals surface area contributed by atoms with E-state index in [1.54, 1.807) is 44.1 Å². The Labute approximate surface area is 157 Å². The van der Waals surface area contributed by atoms with Crippen LogP contribution in [-0.2, 0) is 26.2 Å². The number of amides is 1. The molecule has 7 heteroatoms. The molecule has 0 saturated carbocycles. The maximum Gasteiger partial charge on any atom is 0.311 e. The van der Waals surface area contributed by atoms with Crippen molar-refractivity contribution >= 4 is 16.0 Å². The van der Waals surface area contributed by atoms with Crippen LogP contribution in [0.1, 0.15) is 46.6 Å². The van der Waals surface area contributed by atoms with Crippen LogP contribution in [0.2, 0.25) is 0 Å². The number of nitrogens with zero attached hydrogens (tertiary/aromatic N) is 1. The molecule has 6 nitrogen and oxygen atoms in total. The minimum Gasteiger partial charge on any atom is -0.383 e. The molecule has 26 heavy (non-hydrogen) atoms. The summed E-state index contributed by atoms with van der Waals surface area (Å²) in [4.78, 5) is 14.3. The van der Waals surface area contributed by atoms with Crippen LogP contribution in [0, 0.1) is 5.41 Å². The molecule has 0 spiro atoms. The molecule has 0 aliphatic heterocycles. The number of benzene rings is 1. The molecule has 1 aromatic carbocycles. The fourth-order valence-corrected chi connectivity index (χ4v) is 2.77. The Balaban J connectivity index is 2.94. The van der Waals surface area contributed by atoms with Crippen molar-refractivity contribution < 1.29 is 22.1 Å². The van der Waals surface area contributed by atoms with Gasteiger partial charge >= 0.3 is 10.1 Å². The third-order valence-electron chi connectivity index (χ3n) is 3.66. The monoisotopic (exact) mass is 385 g/mol. The number of carbonyl (C=O) groups is 1. The number of hydrogen-bond donors (Lipinski definition) is 0. The predicted octanol–water partition coefficient (Wildman–Crippen LogP) is 3.21. The molecule has 0 fully saturated rings. The van der Waals surface area contributed by atoms with Gasteiger partial charge < -0.3 is 13.8 Å². The smallest absolute Gasteiger partial charge is 0.311 e. The molecule has 0 aliphatic rings. The summed E-state index contributed by atoms with van der Waals surface area (Å²) in [5.74, 6) is 0.293. The third-order valence-corrected chi connectivity index (χ3v) is 5.24. The first kappa shape index (κ1) is 22.4. The highest BCUT2D eigenvalue weighted by molar-refractivity contribution is 7.87. The SMILES string of the molecule is COCCN(Cc1cccc(OS(=O)(=O)C(C)C)c1)C(=O)CC(C)(C)C. The minimum atomic E-state index is -3.65. The average molecular weight is 386 g/mol. The summed E-state index contributed by atoms with van der Waals surface area (Å²) in [6.45, 7) is 10.5. The van der Waals surface area contributed by atoms with Crippen LogP contribution in [0.5, 0.6) is 5.75 Å². The van der Waals surface area contributed by atoms with Gasteiger partial charge in [0, 0.05) is 26.6 Å². The highest BCUT2D eigenvalue weighted by atomic mass is 32.2. The number of methoxy groups -OCH3 is 1. The highest BCUT2D eigenvalue weighted by Crippen LogP contribution is 2.22. The molecule has 0 radical (unpaired) electrons. The standard InChI is InChI=1S/C19H31NO5S/c1-15(2)26(22,23)25-17-9-7-8-16(12-17)14-20(10-11-24-6)18(21)13-19(3,4)5/h7-9,12,15H,10-11,13-14H2,1-6H3. The van der Waals surface area contributed by atoms with Crippen molar-refractivity contribution in [2.75, 3.05) is 20.3 Å². The Morgan fingerprint density at radius 3 is 2.42 bits per heavy atom. The molecule has 1 aromatic rings. The summed E-state index contributed by atoms with van der Waals surface area (Å²) in [7, 11) is -2.06. The van der Waals surface area contributed by atoms with E-state index < -0.39 is 15.4 Å². The van der Waals surface area contributed by atoms with Gasteiger partial charge in [0.15, 0.2) is 0 Å². The first-order valence-corrected chi connectivity index (χ1v) is 10.2. The molecule has 0 aliphatic carbocycles. The Morgan fingerprint density at radius 1 is 1.23 bits per heavy atom. The van der Waals surface area contributed by atoms with E-state index in [0.717, 1.165) is 5.56 Å². The Kier molecular flexibility index (Phi) is 8.09. The largest absolute Gasteiger partial charge is 0.383 e. The number of rotatable bonds is 9. The Bertz CT molecular complexity index is 692. The van der Waals surface area contributed by atoms with Gasteiger partial charge in [-0.2, -0.15) is 8.42 Å². The maximum absolute atomic E-state index is 12.6. The van der Waals surface area contributed by atoms with E-state index in [1.165, 1.54) is 0 Å². The zero-order valence-electron chi connectivity index (χ0n) is 16.6. The van der Waals surface area contributed by atoms with E-state index in [0.29, 0.717) is 26.1 Å². The molecule has 0 heterocycles. The van der Waals surface area contributed by atoms with Gasteiger partial charge in [0.2, 0.25) is 5.91 Å². The summed E-state index contributed by atoms with van der Waals surface area (Å²) in [6, 6.07) is 6.83. The molecule has 148 valence electrons. The Morgan fingerprint density at radius 2 is 1.88 bits per heavy atom.